The SMILES string of the molecule is Cl.Cl.O=C(c1cc(-c2ccco2)nc2ccccc12)N1CCC2CCC(C1)N2. The average molecular weight is 420 g/mol. The Morgan fingerprint density at radius 1 is 1.07 bits per heavy atom. The van der Waals surface area contributed by atoms with E-state index in [-0.39, 0.29) is 30.7 Å². The first-order valence-electron chi connectivity index (χ1n) is 9.27. The van der Waals surface area contributed by atoms with Gasteiger partial charge in [0, 0.05) is 30.6 Å². The maximum absolute atomic E-state index is 13.4. The number of likely N-dealkylation sites (tertiary alicyclic amines) is 1. The summed E-state index contributed by atoms with van der Waals surface area (Å²) in [6.45, 7) is 1.59. The topological polar surface area (TPSA) is 58.4 Å². The fraction of sp³-hybridized carbons (Fsp3) is 0.333. The van der Waals surface area contributed by atoms with Crippen LogP contribution in [-0.4, -0.2) is 41.0 Å². The van der Waals surface area contributed by atoms with Crippen LogP contribution in [-0.2, 0) is 0 Å². The van der Waals surface area contributed by atoms with Gasteiger partial charge in [-0.3, -0.25) is 4.79 Å². The number of fused-ring (bicyclic) bond motifs is 3. The van der Waals surface area contributed by atoms with E-state index in [4.69, 9.17) is 4.42 Å². The van der Waals surface area contributed by atoms with E-state index in [0.29, 0.717) is 29.1 Å². The summed E-state index contributed by atoms with van der Waals surface area (Å²) in [6, 6.07) is 14.4. The molecule has 0 radical (unpaired) electrons. The van der Waals surface area contributed by atoms with Gasteiger partial charge in [-0.15, -0.1) is 24.8 Å². The molecule has 7 heteroatoms. The first-order valence-corrected chi connectivity index (χ1v) is 9.27. The fourth-order valence-corrected chi connectivity index (χ4v) is 4.20. The molecule has 5 nitrogen and oxygen atoms in total. The number of carbonyl (C=O) groups excluding carboxylic acids is 1. The number of aromatic nitrogens is 1. The van der Waals surface area contributed by atoms with Crippen LogP contribution in [0.1, 0.15) is 29.6 Å². The van der Waals surface area contributed by atoms with E-state index in [1.54, 1.807) is 6.26 Å². The zero-order valence-corrected chi connectivity index (χ0v) is 17.0. The first-order chi connectivity index (χ1) is 12.8. The molecule has 2 aromatic heterocycles. The Morgan fingerprint density at radius 3 is 2.71 bits per heavy atom. The first kappa shape index (κ1) is 20.6. The van der Waals surface area contributed by atoms with Gasteiger partial charge >= 0.3 is 0 Å². The molecule has 0 saturated carbocycles. The number of nitrogens with one attached hydrogen (secondary N) is 1. The maximum Gasteiger partial charge on any atom is 0.254 e. The van der Waals surface area contributed by atoms with E-state index in [9.17, 15) is 4.79 Å². The minimum Gasteiger partial charge on any atom is -0.463 e. The Morgan fingerprint density at radius 2 is 1.89 bits per heavy atom. The molecule has 1 amide bonds. The number of rotatable bonds is 2. The van der Waals surface area contributed by atoms with Crippen molar-refractivity contribution in [3.63, 3.8) is 0 Å². The summed E-state index contributed by atoms with van der Waals surface area (Å²) < 4.78 is 5.51. The van der Waals surface area contributed by atoms with Crippen molar-refractivity contribution >= 4 is 41.6 Å². The largest absolute Gasteiger partial charge is 0.463 e. The molecule has 1 aromatic carbocycles. The van der Waals surface area contributed by atoms with E-state index >= 15 is 0 Å². The highest BCUT2D eigenvalue weighted by Crippen LogP contribution is 2.28. The Labute approximate surface area is 176 Å². The van der Waals surface area contributed by atoms with Gasteiger partial charge in [-0.05, 0) is 43.5 Å². The molecule has 2 unspecified atom stereocenters. The van der Waals surface area contributed by atoms with E-state index in [1.165, 1.54) is 6.42 Å². The highest BCUT2D eigenvalue weighted by Gasteiger charge is 2.32. The maximum atomic E-state index is 13.4. The quantitative estimate of drug-likeness (QED) is 0.672. The Bertz CT molecular complexity index is 961. The molecule has 1 N–H and O–H groups in total. The molecular formula is C21H23Cl2N3O2. The third-order valence-electron chi connectivity index (χ3n) is 5.53. The molecule has 2 aliphatic heterocycles. The van der Waals surface area contributed by atoms with Crippen molar-refractivity contribution in [2.75, 3.05) is 13.1 Å². The number of furan rings is 1. The molecule has 148 valence electrons. The zero-order chi connectivity index (χ0) is 17.5. The number of nitrogens with zero attached hydrogens (tertiary/aromatic N) is 2. The van der Waals surface area contributed by atoms with Crippen molar-refractivity contribution in [3.05, 3.63) is 54.3 Å². The van der Waals surface area contributed by atoms with E-state index in [1.807, 2.05) is 47.4 Å². The van der Waals surface area contributed by atoms with Gasteiger partial charge in [-0.2, -0.15) is 0 Å². The van der Waals surface area contributed by atoms with Crippen molar-refractivity contribution < 1.29 is 9.21 Å². The van der Waals surface area contributed by atoms with E-state index < -0.39 is 0 Å². The highest BCUT2D eigenvalue weighted by atomic mass is 35.5. The van der Waals surface area contributed by atoms with Crippen LogP contribution in [0.4, 0.5) is 0 Å². The van der Waals surface area contributed by atoms with Crippen LogP contribution in [0.25, 0.3) is 22.4 Å². The van der Waals surface area contributed by atoms with Gasteiger partial charge in [0.25, 0.3) is 5.91 Å². The van der Waals surface area contributed by atoms with Gasteiger partial charge < -0.3 is 14.6 Å². The predicted molar refractivity (Wildman–Crippen MR) is 114 cm³/mol. The monoisotopic (exact) mass is 419 g/mol. The Hall–Kier alpha value is -2.08. The minimum atomic E-state index is 0. The van der Waals surface area contributed by atoms with Crippen molar-refractivity contribution in [3.8, 4) is 11.5 Å². The summed E-state index contributed by atoms with van der Waals surface area (Å²) >= 11 is 0. The summed E-state index contributed by atoms with van der Waals surface area (Å²) in [5, 5.41) is 4.54. The van der Waals surface area contributed by atoms with E-state index in [2.05, 4.69) is 10.3 Å². The Kier molecular flexibility index (Phi) is 6.28. The molecule has 2 atom stereocenters. The molecule has 28 heavy (non-hydrogen) atoms. The molecule has 4 heterocycles. The van der Waals surface area contributed by atoms with Crippen LogP contribution in [0.5, 0.6) is 0 Å². The number of benzene rings is 1. The van der Waals surface area contributed by atoms with Crippen LogP contribution in [0, 0.1) is 0 Å². The second-order valence-corrected chi connectivity index (χ2v) is 7.23. The van der Waals surface area contributed by atoms with Gasteiger partial charge in [0.05, 0.1) is 17.3 Å². The van der Waals surface area contributed by atoms with Gasteiger partial charge in [0.1, 0.15) is 5.69 Å². The van der Waals surface area contributed by atoms with E-state index in [0.717, 1.165) is 36.8 Å². The number of para-hydroxylation sites is 1. The number of amides is 1. The lowest BCUT2D eigenvalue weighted by Gasteiger charge is -2.25. The Balaban J connectivity index is 0.00000112. The van der Waals surface area contributed by atoms with Crippen molar-refractivity contribution in [1.82, 2.24) is 15.2 Å². The van der Waals surface area contributed by atoms with Crippen LogP contribution in [0.15, 0.2) is 53.1 Å². The summed E-state index contributed by atoms with van der Waals surface area (Å²) in [4.78, 5) is 20.1. The lowest BCUT2D eigenvalue weighted by Crippen LogP contribution is -2.39. The van der Waals surface area contributed by atoms with Crippen molar-refractivity contribution in [2.45, 2.75) is 31.3 Å². The molecule has 2 bridgehead atoms. The van der Waals surface area contributed by atoms with Crippen molar-refractivity contribution in [1.29, 1.82) is 0 Å². The van der Waals surface area contributed by atoms with Gasteiger partial charge in [-0.25, -0.2) is 4.98 Å². The molecule has 2 saturated heterocycles. The second-order valence-electron chi connectivity index (χ2n) is 7.23. The third-order valence-corrected chi connectivity index (χ3v) is 5.53. The van der Waals surface area contributed by atoms with Crippen molar-refractivity contribution in [2.24, 2.45) is 0 Å². The summed E-state index contributed by atoms with van der Waals surface area (Å²) in [5.41, 5.74) is 2.23. The summed E-state index contributed by atoms with van der Waals surface area (Å²) in [7, 11) is 0. The average Bonchev–Trinajstić information content (AvgIpc) is 3.30. The van der Waals surface area contributed by atoms with Gasteiger partial charge in [0.15, 0.2) is 5.76 Å². The summed E-state index contributed by atoms with van der Waals surface area (Å²) in [6.07, 6.45) is 5.04. The lowest BCUT2D eigenvalue weighted by atomic mass is 10.0. The molecule has 3 aromatic rings. The van der Waals surface area contributed by atoms with Gasteiger partial charge in [0.2, 0.25) is 0 Å². The van der Waals surface area contributed by atoms with Gasteiger partial charge in [-0.1, -0.05) is 18.2 Å². The molecule has 5 rings (SSSR count). The van der Waals surface area contributed by atoms with Crippen LogP contribution in [0.3, 0.4) is 0 Å². The minimum absolute atomic E-state index is 0. The smallest absolute Gasteiger partial charge is 0.254 e. The van der Waals surface area contributed by atoms with Crippen LogP contribution in [0.2, 0.25) is 0 Å². The zero-order valence-electron chi connectivity index (χ0n) is 15.3. The molecular weight excluding hydrogens is 397 g/mol. The summed E-state index contributed by atoms with van der Waals surface area (Å²) in [5.74, 6) is 0.771. The number of hydrogen-bond donors (Lipinski definition) is 1. The lowest BCUT2D eigenvalue weighted by molar-refractivity contribution is 0.0750. The molecule has 0 aliphatic carbocycles. The standard InChI is InChI=1S/C21H21N3O2.2ClH/c25-21(24-10-9-14-7-8-15(13-24)22-14)17-12-19(20-6-3-11-26-20)23-18-5-2-1-4-16(17)18;;/h1-6,11-12,14-15,22H,7-10,13H2;2*1H. The second kappa shape index (κ2) is 8.52. The number of pyridine rings is 1. The number of carbonyl (C=O) groups is 1. The third kappa shape index (κ3) is 3.75. The highest BCUT2D eigenvalue weighted by molar-refractivity contribution is 6.07. The predicted octanol–water partition coefficient (Wildman–Crippen LogP) is 4.30. The number of halogens is 2. The van der Waals surface area contributed by atoms with Crippen LogP contribution < -0.4 is 5.32 Å². The number of hydrogen-bond acceptors (Lipinski definition) is 4. The normalized spacial score (nSPS) is 20.9. The molecule has 0 spiro atoms. The molecule has 2 aliphatic rings. The van der Waals surface area contributed by atoms with Crippen LogP contribution >= 0.6 is 24.8 Å². The fourth-order valence-electron chi connectivity index (χ4n) is 4.20. The molecule has 2 fully saturated rings.